The predicted octanol–water partition coefficient (Wildman–Crippen LogP) is 2.54. The fourth-order valence-electron chi connectivity index (χ4n) is 1.40. The molecule has 1 aliphatic rings. The zero-order valence-corrected chi connectivity index (χ0v) is 11.7. The highest BCUT2D eigenvalue weighted by Crippen LogP contribution is 2.17. The lowest BCUT2D eigenvalue weighted by Crippen LogP contribution is -2.41. The van der Waals surface area contributed by atoms with E-state index >= 15 is 0 Å². The van der Waals surface area contributed by atoms with E-state index in [1.54, 1.807) is 19.1 Å². The van der Waals surface area contributed by atoms with E-state index in [4.69, 9.17) is 9.47 Å². The molecule has 0 aliphatic carbocycles. The second-order valence-corrected chi connectivity index (χ2v) is 3.21. The molecule has 0 amide bonds. The number of esters is 1. The van der Waals surface area contributed by atoms with Crippen molar-refractivity contribution in [1.29, 1.82) is 0 Å². The molecule has 4 heteroatoms. The Kier molecular flexibility index (Phi) is 8.45. The summed E-state index contributed by atoms with van der Waals surface area (Å²) in [6.07, 6.45) is 4.63. The number of rotatable bonds is 3. The van der Waals surface area contributed by atoms with Crippen LogP contribution in [0.25, 0.3) is 0 Å². The molecule has 1 rings (SSSR count). The minimum absolute atomic E-state index is 0.347. The van der Waals surface area contributed by atoms with Crippen LogP contribution in [0, 0.1) is 0 Å². The van der Waals surface area contributed by atoms with E-state index < -0.39 is 6.10 Å². The Bertz CT molecular complexity index is 332. The van der Waals surface area contributed by atoms with E-state index in [1.807, 2.05) is 26.8 Å². The summed E-state index contributed by atoms with van der Waals surface area (Å²) in [5.41, 5.74) is 0.862. The summed E-state index contributed by atoms with van der Waals surface area (Å²) < 4.78 is 10.4. The first kappa shape index (κ1) is 16.3. The second-order valence-electron chi connectivity index (χ2n) is 3.21. The summed E-state index contributed by atoms with van der Waals surface area (Å²) in [6.45, 7) is 12.0. The van der Waals surface area contributed by atoms with Crippen molar-refractivity contribution in [3.8, 4) is 0 Å². The number of morpholine rings is 1. The Morgan fingerprint density at radius 2 is 2.28 bits per heavy atom. The summed E-state index contributed by atoms with van der Waals surface area (Å²) in [5, 5.41) is 3.11. The topological polar surface area (TPSA) is 47.6 Å². The van der Waals surface area contributed by atoms with Crippen LogP contribution in [0.5, 0.6) is 0 Å². The van der Waals surface area contributed by atoms with Gasteiger partial charge >= 0.3 is 5.97 Å². The molecular formula is C14H23NO3. The first-order valence-electron chi connectivity index (χ1n) is 6.29. The first-order valence-corrected chi connectivity index (χ1v) is 6.29. The van der Waals surface area contributed by atoms with Crippen LogP contribution >= 0.6 is 0 Å². The molecular weight excluding hydrogens is 230 g/mol. The molecule has 102 valence electrons. The van der Waals surface area contributed by atoms with Crippen LogP contribution in [-0.2, 0) is 14.3 Å². The lowest BCUT2D eigenvalue weighted by molar-refractivity contribution is -0.154. The molecule has 1 N–H and O–H groups in total. The highest BCUT2D eigenvalue weighted by Gasteiger charge is 2.27. The monoisotopic (exact) mass is 253 g/mol. The lowest BCUT2D eigenvalue weighted by Gasteiger charge is -2.27. The first-order chi connectivity index (χ1) is 8.72. The molecule has 1 atom stereocenters. The number of hydrogen-bond acceptors (Lipinski definition) is 4. The van der Waals surface area contributed by atoms with Gasteiger partial charge in [0.25, 0.3) is 0 Å². The van der Waals surface area contributed by atoms with E-state index in [1.165, 1.54) is 0 Å². The fraction of sp³-hybridized carbons (Fsp3) is 0.500. The third-order valence-corrected chi connectivity index (χ3v) is 2.12. The van der Waals surface area contributed by atoms with Crippen LogP contribution in [-0.4, -0.2) is 25.2 Å². The zero-order valence-electron chi connectivity index (χ0n) is 11.7. The molecule has 0 spiro atoms. The predicted molar refractivity (Wildman–Crippen MR) is 72.9 cm³/mol. The van der Waals surface area contributed by atoms with Gasteiger partial charge in [-0.1, -0.05) is 32.6 Å². The highest BCUT2D eigenvalue weighted by molar-refractivity contribution is 5.75. The molecule has 0 aromatic rings. The number of carbonyl (C=O) groups is 1. The Hall–Kier alpha value is -1.71. The van der Waals surface area contributed by atoms with Crippen molar-refractivity contribution in [3.63, 3.8) is 0 Å². The van der Waals surface area contributed by atoms with Crippen LogP contribution in [0.3, 0.4) is 0 Å². The van der Waals surface area contributed by atoms with Crippen molar-refractivity contribution < 1.29 is 14.3 Å². The van der Waals surface area contributed by atoms with Gasteiger partial charge in [0.15, 0.2) is 0 Å². The average molecular weight is 253 g/mol. The van der Waals surface area contributed by atoms with Gasteiger partial charge in [0.1, 0.15) is 5.76 Å². The molecule has 1 aliphatic heterocycles. The Morgan fingerprint density at radius 1 is 1.61 bits per heavy atom. The van der Waals surface area contributed by atoms with Gasteiger partial charge in [-0.3, -0.25) is 0 Å². The Labute approximate surface area is 109 Å². The minimum atomic E-state index is -0.588. The summed E-state index contributed by atoms with van der Waals surface area (Å²) in [7, 11) is 0. The van der Waals surface area contributed by atoms with Gasteiger partial charge in [-0.25, -0.2) is 4.79 Å². The summed E-state index contributed by atoms with van der Waals surface area (Å²) >= 11 is 0. The van der Waals surface area contributed by atoms with Crippen LogP contribution < -0.4 is 5.32 Å². The molecule has 0 aromatic carbocycles. The smallest absolute Gasteiger partial charge is 0.349 e. The van der Waals surface area contributed by atoms with E-state index in [-0.39, 0.29) is 5.97 Å². The second kappa shape index (κ2) is 9.33. The summed E-state index contributed by atoms with van der Waals surface area (Å²) in [6, 6.07) is 0. The van der Waals surface area contributed by atoms with Crippen molar-refractivity contribution in [3.05, 3.63) is 36.3 Å². The minimum Gasteiger partial charge on any atom is -0.475 e. The maximum atomic E-state index is 11.5. The molecule has 1 heterocycles. The van der Waals surface area contributed by atoms with Crippen molar-refractivity contribution in [2.75, 3.05) is 13.2 Å². The molecule has 4 nitrogen and oxygen atoms in total. The molecule has 1 unspecified atom stereocenters. The number of hydrogen-bond donors (Lipinski definition) is 1. The fourth-order valence-corrected chi connectivity index (χ4v) is 1.40. The molecule has 0 bridgehead atoms. The average Bonchev–Trinajstić information content (AvgIpc) is 2.41. The van der Waals surface area contributed by atoms with E-state index in [0.717, 1.165) is 5.70 Å². The summed E-state index contributed by atoms with van der Waals surface area (Å²) in [4.78, 5) is 11.5. The van der Waals surface area contributed by atoms with Gasteiger partial charge in [0, 0.05) is 0 Å². The van der Waals surface area contributed by atoms with Crippen molar-refractivity contribution in [1.82, 2.24) is 5.32 Å². The highest BCUT2D eigenvalue weighted by atomic mass is 16.6. The van der Waals surface area contributed by atoms with Crippen molar-refractivity contribution >= 4 is 5.97 Å². The SMILES string of the molecule is C=C/C=C1/OC(C(=O)OCC)CN/C1=C/C.CC. The third-order valence-electron chi connectivity index (χ3n) is 2.12. The van der Waals surface area contributed by atoms with E-state index in [0.29, 0.717) is 18.9 Å². The maximum Gasteiger partial charge on any atom is 0.349 e. The van der Waals surface area contributed by atoms with E-state index in [9.17, 15) is 4.79 Å². The maximum absolute atomic E-state index is 11.5. The van der Waals surface area contributed by atoms with Crippen molar-refractivity contribution in [2.24, 2.45) is 0 Å². The quantitative estimate of drug-likeness (QED) is 0.785. The Morgan fingerprint density at radius 3 is 2.78 bits per heavy atom. The van der Waals surface area contributed by atoms with Gasteiger partial charge in [-0.2, -0.15) is 0 Å². The molecule has 0 saturated carbocycles. The van der Waals surface area contributed by atoms with Gasteiger partial charge in [-0.05, 0) is 19.9 Å². The largest absolute Gasteiger partial charge is 0.475 e. The van der Waals surface area contributed by atoms with E-state index in [2.05, 4.69) is 11.9 Å². The van der Waals surface area contributed by atoms with Crippen LogP contribution in [0.1, 0.15) is 27.7 Å². The summed E-state index contributed by atoms with van der Waals surface area (Å²) in [5.74, 6) is 0.266. The number of nitrogens with one attached hydrogen (secondary N) is 1. The van der Waals surface area contributed by atoms with Gasteiger partial charge in [-0.15, -0.1) is 0 Å². The standard InChI is InChI=1S/C12H17NO3.C2H6/c1-4-7-10-9(5-2)13-8-11(16-10)12(14)15-6-3;1-2/h4-5,7,11,13H,1,6,8H2,2-3H3;1-2H3/b9-5+,10-7+;. The van der Waals surface area contributed by atoms with Gasteiger partial charge < -0.3 is 14.8 Å². The number of carbonyl (C=O) groups excluding carboxylic acids is 1. The van der Waals surface area contributed by atoms with Gasteiger partial charge in [0.05, 0.1) is 18.8 Å². The zero-order chi connectivity index (χ0) is 14.0. The third kappa shape index (κ3) is 4.65. The molecule has 1 saturated heterocycles. The van der Waals surface area contributed by atoms with Crippen LogP contribution in [0.15, 0.2) is 36.3 Å². The molecule has 18 heavy (non-hydrogen) atoms. The number of ether oxygens (including phenoxy) is 2. The van der Waals surface area contributed by atoms with Crippen LogP contribution in [0.4, 0.5) is 0 Å². The molecule has 1 fully saturated rings. The van der Waals surface area contributed by atoms with Gasteiger partial charge in [0.2, 0.25) is 6.10 Å². The molecule has 0 radical (unpaired) electrons. The lowest BCUT2D eigenvalue weighted by atomic mass is 10.2. The Balaban J connectivity index is 0.00000137. The normalized spacial score (nSPS) is 22.3. The number of allylic oxidation sites excluding steroid dienone is 3. The van der Waals surface area contributed by atoms with Crippen LogP contribution in [0.2, 0.25) is 0 Å². The molecule has 0 aromatic heterocycles. The van der Waals surface area contributed by atoms with Crippen molar-refractivity contribution in [2.45, 2.75) is 33.8 Å².